The molecule has 0 aromatic carbocycles. The van der Waals surface area contributed by atoms with Gasteiger partial charge < -0.3 is 15.3 Å². The van der Waals surface area contributed by atoms with Crippen LogP contribution in [-0.2, 0) is 0 Å². The summed E-state index contributed by atoms with van der Waals surface area (Å²) in [6.07, 6.45) is 0.869. The van der Waals surface area contributed by atoms with Crippen molar-refractivity contribution < 1.29 is 15.3 Å². The quantitative estimate of drug-likeness (QED) is 0.556. The largest absolute Gasteiger partial charge is 0.395 e. The molecular formula is C10H20O3. The highest BCUT2D eigenvalue weighted by atomic mass is 16.3. The number of aliphatic hydroxyl groups excluding tert-OH is 3. The van der Waals surface area contributed by atoms with Gasteiger partial charge in [0.2, 0.25) is 0 Å². The molecule has 0 spiro atoms. The van der Waals surface area contributed by atoms with Gasteiger partial charge in [-0.25, -0.2) is 0 Å². The number of hydrogen-bond donors (Lipinski definition) is 3. The molecule has 0 fully saturated rings. The molecule has 0 aliphatic rings. The van der Waals surface area contributed by atoms with E-state index in [0.29, 0.717) is 0 Å². The first-order chi connectivity index (χ1) is 6.07. The van der Waals surface area contributed by atoms with E-state index in [1.54, 1.807) is 0 Å². The van der Waals surface area contributed by atoms with E-state index in [2.05, 4.69) is 0 Å². The Balaban J connectivity index is 4.94. The minimum absolute atomic E-state index is 0.219. The monoisotopic (exact) mass is 188 g/mol. The standard InChI is InChI=1S/C10H20O3/c1-4-8(2)9(3)10(5-11,6-12)7-13/h11-13H,4-7H2,1-3H3. The molecule has 3 N–H and O–H groups in total. The van der Waals surface area contributed by atoms with Crippen molar-refractivity contribution in [2.75, 3.05) is 19.8 Å². The smallest absolute Gasteiger partial charge is 0.0605 e. The molecule has 0 rings (SSSR count). The van der Waals surface area contributed by atoms with E-state index in [9.17, 15) is 0 Å². The highest BCUT2D eigenvalue weighted by Gasteiger charge is 2.30. The molecule has 0 bridgehead atoms. The summed E-state index contributed by atoms with van der Waals surface area (Å²) in [4.78, 5) is 0. The van der Waals surface area contributed by atoms with Crippen molar-refractivity contribution in [2.24, 2.45) is 5.41 Å². The maximum absolute atomic E-state index is 9.14. The maximum Gasteiger partial charge on any atom is 0.0605 e. The Bertz CT molecular complexity index is 172. The third kappa shape index (κ3) is 2.53. The van der Waals surface area contributed by atoms with Crippen LogP contribution in [0.3, 0.4) is 0 Å². The molecule has 3 nitrogen and oxygen atoms in total. The van der Waals surface area contributed by atoms with Crippen LogP contribution in [0.15, 0.2) is 11.1 Å². The second-order valence-corrected chi connectivity index (χ2v) is 3.51. The molecule has 0 amide bonds. The summed E-state index contributed by atoms with van der Waals surface area (Å²) >= 11 is 0. The fourth-order valence-electron chi connectivity index (χ4n) is 1.22. The summed E-state index contributed by atoms with van der Waals surface area (Å²) in [6, 6.07) is 0. The van der Waals surface area contributed by atoms with E-state index in [1.165, 1.54) is 0 Å². The molecule has 0 aromatic rings. The van der Waals surface area contributed by atoms with Gasteiger partial charge in [0.25, 0.3) is 0 Å². The minimum Gasteiger partial charge on any atom is -0.395 e. The lowest BCUT2D eigenvalue weighted by atomic mass is 9.80. The summed E-state index contributed by atoms with van der Waals surface area (Å²) < 4.78 is 0. The average molecular weight is 188 g/mol. The summed E-state index contributed by atoms with van der Waals surface area (Å²) in [5.41, 5.74) is 1.15. The van der Waals surface area contributed by atoms with Crippen LogP contribution in [0.4, 0.5) is 0 Å². The van der Waals surface area contributed by atoms with E-state index in [4.69, 9.17) is 15.3 Å². The predicted molar refractivity (Wildman–Crippen MR) is 52.4 cm³/mol. The second-order valence-electron chi connectivity index (χ2n) is 3.51. The third-order valence-electron chi connectivity index (χ3n) is 2.87. The minimum atomic E-state index is -0.847. The normalized spacial score (nSPS) is 14.3. The van der Waals surface area contributed by atoms with Gasteiger partial charge in [-0.1, -0.05) is 18.1 Å². The van der Waals surface area contributed by atoms with Gasteiger partial charge in [-0.15, -0.1) is 0 Å². The topological polar surface area (TPSA) is 60.7 Å². The van der Waals surface area contributed by atoms with Crippen LogP contribution in [0.2, 0.25) is 0 Å². The predicted octanol–water partition coefficient (Wildman–Crippen LogP) is 0.696. The molecule has 0 saturated carbocycles. The maximum atomic E-state index is 9.14. The number of rotatable bonds is 5. The molecule has 0 saturated heterocycles. The molecule has 3 heteroatoms. The molecule has 0 atom stereocenters. The third-order valence-corrected chi connectivity index (χ3v) is 2.87. The van der Waals surface area contributed by atoms with Crippen LogP contribution in [0.5, 0.6) is 0 Å². The van der Waals surface area contributed by atoms with Crippen molar-refractivity contribution in [3.8, 4) is 0 Å². The van der Waals surface area contributed by atoms with Gasteiger partial charge in [-0.2, -0.15) is 0 Å². The SMILES string of the molecule is CCC(C)=C(C)C(CO)(CO)CO. The van der Waals surface area contributed by atoms with Gasteiger partial charge in [0.1, 0.15) is 0 Å². The van der Waals surface area contributed by atoms with E-state index in [-0.39, 0.29) is 19.8 Å². The van der Waals surface area contributed by atoms with E-state index in [0.717, 1.165) is 17.6 Å². The zero-order chi connectivity index (χ0) is 10.5. The number of allylic oxidation sites excluding steroid dienone is 1. The highest BCUT2D eigenvalue weighted by Crippen LogP contribution is 2.29. The first kappa shape index (κ1) is 12.6. The van der Waals surface area contributed by atoms with Gasteiger partial charge in [-0.3, -0.25) is 0 Å². The lowest BCUT2D eigenvalue weighted by Crippen LogP contribution is -2.35. The molecule has 13 heavy (non-hydrogen) atoms. The summed E-state index contributed by atoms with van der Waals surface area (Å²) in [6.45, 7) is 5.15. The van der Waals surface area contributed by atoms with Crippen LogP contribution >= 0.6 is 0 Å². The highest BCUT2D eigenvalue weighted by molar-refractivity contribution is 5.19. The van der Waals surface area contributed by atoms with Gasteiger partial charge in [0.05, 0.1) is 25.2 Å². The summed E-state index contributed by atoms with van der Waals surface area (Å²) in [5.74, 6) is 0. The van der Waals surface area contributed by atoms with Crippen molar-refractivity contribution in [1.29, 1.82) is 0 Å². The first-order valence-corrected chi connectivity index (χ1v) is 4.57. The van der Waals surface area contributed by atoms with Crippen molar-refractivity contribution in [3.63, 3.8) is 0 Å². The van der Waals surface area contributed by atoms with Crippen molar-refractivity contribution in [3.05, 3.63) is 11.1 Å². The number of hydrogen-bond acceptors (Lipinski definition) is 3. The fraction of sp³-hybridized carbons (Fsp3) is 0.800. The lowest BCUT2D eigenvalue weighted by molar-refractivity contribution is 0.0325. The first-order valence-electron chi connectivity index (χ1n) is 4.57. The Kier molecular flexibility index (Phi) is 5.21. The van der Waals surface area contributed by atoms with Crippen LogP contribution in [0, 0.1) is 5.41 Å². The molecule has 78 valence electrons. The Morgan fingerprint density at radius 1 is 1.00 bits per heavy atom. The lowest BCUT2D eigenvalue weighted by Gasteiger charge is -2.30. The second kappa shape index (κ2) is 5.37. The average Bonchev–Trinajstić information content (AvgIpc) is 2.20. The zero-order valence-corrected chi connectivity index (χ0v) is 8.67. The van der Waals surface area contributed by atoms with Gasteiger partial charge >= 0.3 is 0 Å². The van der Waals surface area contributed by atoms with Crippen LogP contribution in [0.25, 0.3) is 0 Å². The molecular weight excluding hydrogens is 168 g/mol. The Labute approximate surface area is 79.7 Å². The summed E-state index contributed by atoms with van der Waals surface area (Å²) in [5, 5.41) is 27.4. The van der Waals surface area contributed by atoms with Crippen LogP contribution in [-0.4, -0.2) is 35.1 Å². The Morgan fingerprint density at radius 2 is 1.38 bits per heavy atom. The number of aliphatic hydroxyl groups is 3. The van der Waals surface area contributed by atoms with Crippen molar-refractivity contribution >= 4 is 0 Å². The van der Waals surface area contributed by atoms with E-state index >= 15 is 0 Å². The summed E-state index contributed by atoms with van der Waals surface area (Å²) in [7, 11) is 0. The van der Waals surface area contributed by atoms with Gasteiger partial charge in [-0.05, 0) is 20.3 Å². The zero-order valence-electron chi connectivity index (χ0n) is 8.67. The fourth-order valence-corrected chi connectivity index (χ4v) is 1.22. The van der Waals surface area contributed by atoms with E-state index in [1.807, 2.05) is 20.8 Å². The van der Waals surface area contributed by atoms with E-state index < -0.39 is 5.41 Å². The van der Waals surface area contributed by atoms with Gasteiger partial charge in [0, 0.05) is 0 Å². The van der Waals surface area contributed by atoms with Crippen LogP contribution in [0.1, 0.15) is 27.2 Å². The molecule has 0 aromatic heterocycles. The van der Waals surface area contributed by atoms with Crippen molar-refractivity contribution in [2.45, 2.75) is 27.2 Å². The molecule has 0 radical (unpaired) electrons. The Hall–Kier alpha value is -0.380. The van der Waals surface area contributed by atoms with Gasteiger partial charge in [0.15, 0.2) is 0 Å². The van der Waals surface area contributed by atoms with Crippen LogP contribution < -0.4 is 0 Å². The molecule has 0 aliphatic carbocycles. The molecule has 0 unspecified atom stereocenters. The van der Waals surface area contributed by atoms with Crippen molar-refractivity contribution in [1.82, 2.24) is 0 Å². The Morgan fingerprint density at radius 3 is 1.62 bits per heavy atom. The molecule has 0 aliphatic heterocycles. The molecule has 0 heterocycles.